The summed E-state index contributed by atoms with van der Waals surface area (Å²) in [5.74, 6) is 0.681. The summed E-state index contributed by atoms with van der Waals surface area (Å²) in [6, 6.07) is 5.58. The lowest BCUT2D eigenvalue weighted by molar-refractivity contribution is 0.0937. The van der Waals surface area contributed by atoms with E-state index in [1.54, 1.807) is 12.1 Å². The van der Waals surface area contributed by atoms with Crippen molar-refractivity contribution in [3.05, 3.63) is 32.4 Å². The molecule has 1 rings (SSSR count). The average Bonchev–Trinajstić information content (AvgIpc) is 2.31. The Morgan fingerprint density at radius 3 is 2.63 bits per heavy atom. The van der Waals surface area contributed by atoms with Gasteiger partial charge in [0.15, 0.2) is 0 Å². The van der Waals surface area contributed by atoms with E-state index >= 15 is 0 Å². The Morgan fingerprint density at radius 1 is 1.32 bits per heavy atom. The van der Waals surface area contributed by atoms with Gasteiger partial charge in [-0.1, -0.05) is 38.3 Å². The number of amides is 1. The van der Waals surface area contributed by atoms with Crippen LogP contribution in [0.1, 0.15) is 50.4 Å². The molecule has 2 nitrogen and oxygen atoms in total. The van der Waals surface area contributed by atoms with E-state index in [2.05, 4.69) is 48.7 Å². The van der Waals surface area contributed by atoms with Crippen LogP contribution in [0.5, 0.6) is 0 Å². The number of hydrogen-bond donors (Lipinski definition) is 1. The molecule has 106 valence electrons. The maximum Gasteiger partial charge on any atom is 0.252 e. The van der Waals surface area contributed by atoms with E-state index in [0.717, 1.165) is 22.3 Å². The van der Waals surface area contributed by atoms with Crippen molar-refractivity contribution in [3.8, 4) is 0 Å². The molecule has 1 aromatic carbocycles. The quantitative estimate of drug-likeness (QED) is 0.685. The van der Waals surface area contributed by atoms with E-state index in [1.165, 1.54) is 6.42 Å². The lowest BCUT2D eigenvalue weighted by atomic mass is 10.0. The highest BCUT2D eigenvalue weighted by molar-refractivity contribution is 14.1. The number of halogens is 2. The minimum atomic E-state index is -0.0380. The standard InChI is InChI=1S/C15H21ClINO/c1-10(2)5-4-6-11(3)18-15(19)13-9-12(16)7-8-14(13)17/h7-11H,4-6H2,1-3H3,(H,18,19). The molecule has 0 bridgehead atoms. The van der Waals surface area contributed by atoms with Crippen molar-refractivity contribution >= 4 is 40.1 Å². The minimum absolute atomic E-state index is 0.0380. The van der Waals surface area contributed by atoms with Crippen LogP contribution in [0.15, 0.2) is 18.2 Å². The van der Waals surface area contributed by atoms with E-state index in [4.69, 9.17) is 11.6 Å². The van der Waals surface area contributed by atoms with Crippen molar-refractivity contribution in [3.63, 3.8) is 0 Å². The Hall–Kier alpha value is -0.290. The van der Waals surface area contributed by atoms with Crippen molar-refractivity contribution < 1.29 is 4.79 Å². The first-order chi connectivity index (χ1) is 8.90. The van der Waals surface area contributed by atoms with Gasteiger partial charge < -0.3 is 5.32 Å². The number of benzene rings is 1. The molecule has 4 heteroatoms. The van der Waals surface area contributed by atoms with Gasteiger partial charge in [0.2, 0.25) is 0 Å². The van der Waals surface area contributed by atoms with Crippen molar-refractivity contribution in [2.24, 2.45) is 5.92 Å². The van der Waals surface area contributed by atoms with E-state index in [9.17, 15) is 4.79 Å². The maximum absolute atomic E-state index is 12.2. The van der Waals surface area contributed by atoms with Crippen molar-refractivity contribution in [1.82, 2.24) is 5.32 Å². The summed E-state index contributed by atoms with van der Waals surface area (Å²) < 4.78 is 0.925. The zero-order valence-corrected chi connectivity index (χ0v) is 14.6. The van der Waals surface area contributed by atoms with Crippen molar-refractivity contribution in [1.29, 1.82) is 0 Å². The van der Waals surface area contributed by atoms with Gasteiger partial charge in [-0.2, -0.15) is 0 Å². The molecule has 1 N–H and O–H groups in total. The summed E-state index contributed by atoms with van der Waals surface area (Å²) in [5.41, 5.74) is 0.656. The SMILES string of the molecule is CC(C)CCCC(C)NC(=O)c1cc(Cl)ccc1I. The number of carbonyl (C=O) groups excluding carboxylic acids is 1. The molecule has 0 saturated carbocycles. The summed E-state index contributed by atoms with van der Waals surface area (Å²) in [6.45, 7) is 6.49. The first-order valence-electron chi connectivity index (χ1n) is 6.66. The molecule has 0 radical (unpaired) electrons. The Labute approximate surface area is 134 Å². The summed E-state index contributed by atoms with van der Waals surface area (Å²) in [7, 11) is 0. The third-order valence-electron chi connectivity index (χ3n) is 2.97. The van der Waals surface area contributed by atoms with Gasteiger partial charge in [-0.15, -0.1) is 0 Å². The second kappa shape index (κ2) is 8.10. The Bertz CT molecular complexity index is 434. The van der Waals surface area contributed by atoms with Crippen LogP contribution >= 0.6 is 34.2 Å². The number of nitrogens with one attached hydrogen (secondary N) is 1. The van der Waals surface area contributed by atoms with E-state index in [-0.39, 0.29) is 11.9 Å². The molecule has 0 aliphatic carbocycles. The van der Waals surface area contributed by atoms with Gasteiger partial charge in [-0.3, -0.25) is 4.79 Å². The van der Waals surface area contributed by atoms with Crippen LogP contribution in [0, 0.1) is 9.49 Å². The van der Waals surface area contributed by atoms with Crippen LogP contribution in [0.4, 0.5) is 0 Å². The largest absolute Gasteiger partial charge is 0.350 e. The number of rotatable bonds is 6. The molecule has 1 amide bonds. The molecule has 0 aromatic heterocycles. The first kappa shape index (κ1) is 16.8. The van der Waals surface area contributed by atoms with Crippen LogP contribution in [-0.2, 0) is 0 Å². The van der Waals surface area contributed by atoms with E-state index in [0.29, 0.717) is 10.6 Å². The number of hydrogen-bond acceptors (Lipinski definition) is 1. The third kappa shape index (κ3) is 6.13. The number of carbonyl (C=O) groups is 1. The molecule has 1 atom stereocenters. The average molecular weight is 394 g/mol. The summed E-state index contributed by atoms with van der Waals surface area (Å²) in [6.07, 6.45) is 3.36. The van der Waals surface area contributed by atoms with Crippen LogP contribution < -0.4 is 5.32 Å². The fourth-order valence-corrected chi connectivity index (χ4v) is 2.63. The molecule has 0 saturated heterocycles. The van der Waals surface area contributed by atoms with E-state index < -0.39 is 0 Å². The van der Waals surface area contributed by atoms with Crippen molar-refractivity contribution in [2.75, 3.05) is 0 Å². The highest BCUT2D eigenvalue weighted by Gasteiger charge is 2.13. The van der Waals surface area contributed by atoms with Crippen LogP contribution in [-0.4, -0.2) is 11.9 Å². The summed E-state index contributed by atoms with van der Waals surface area (Å²) in [5, 5.41) is 3.63. The third-order valence-corrected chi connectivity index (χ3v) is 4.14. The molecule has 0 heterocycles. The Kier molecular flexibility index (Phi) is 7.15. The molecule has 0 spiro atoms. The fourth-order valence-electron chi connectivity index (χ4n) is 1.88. The lowest BCUT2D eigenvalue weighted by Gasteiger charge is -2.15. The molecule has 19 heavy (non-hydrogen) atoms. The molecule has 0 fully saturated rings. The molecular formula is C15H21ClINO. The van der Waals surface area contributed by atoms with Crippen LogP contribution in [0.2, 0.25) is 5.02 Å². The molecular weight excluding hydrogens is 373 g/mol. The zero-order chi connectivity index (χ0) is 14.4. The highest BCUT2D eigenvalue weighted by Crippen LogP contribution is 2.18. The van der Waals surface area contributed by atoms with E-state index in [1.807, 2.05) is 6.07 Å². The van der Waals surface area contributed by atoms with Gasteiger partial charge in [0.25, 0.3) is 5.91 Å². The smallest absolute Gasteiger partial charge is 0.252 e. The highest BCUT2D eigenvalue weighted by atomic mass is 127. The lowest BCUT2D eigenvalue weighted by Crippen LogP contribution is -2.33. The van der Waals surface area contributed by atoms with Gasteiger partial charge in [0.1, 0.15) is 0 Å². The minimum Gasteiger partial charge on any atom is -0.350 e. The molecule has 0 aliphatic rings. The van der Waals surface area contributed by atoms with Gasteiger partial charge in [0, 0.05) is 14.6 Å². The normalized spacial score (nSPS) is 12.5. The summed E-state index contributed by atoms with van der Waals surface area (Å²) >= 11 is 8.09. The van der Waals surface area contributed by atoms with Gasteiger partial charge in [0.05, 0.1) is 5.56 Å². The Balaban J connectivity index is 2.52. The van der Waals surface area contributed by atoms with Gasteiger partial charge >= 0.3 is 0 Å². The summed E-state index contributed by atoms with van der Waals surface area (Å²) in [4.78, 5) is 12.2. The monoisotopic (exact) mass is 393 g/mol. The topological polar surface area (TPSA) is 29.1 Å². The second-order valence-corrected chi connectivity index (χ2v) is 6.92. The second-order valence-electron chi connectivity index (χ2n) is 5.32. The maximum atomic E-state index is 12.2. The van der Waals surface area contributed by atoms with Gasteiger partial charge in [-0.25, -0.2) is 0 Å². The molecule has 1 unspecified atom stereocenters. The van der Waals surface area contributed by atoms with Crippen LogP contribution in [0.25, 0.3) is 0 Å². The molecule has 0 aliphatic heterocycles. The van der Waals surface area contributed by atoms with Crippen molar-refractivity contribution in [2.45, 2.75) is 46.1 Å². The zero-order valence-electron chi connectivity index (χ0n) is 11.7. The van der Waals surface area contributed by atoms with Crippen LogP contribution in [0.3, 0.4) is 0 Å². The fraction of sp³-hybridized carbons (Fsp3) is 0.533. The predicted octanol–water partition coefficient (Wildman–Crippen LogP) is 4.89. The Morgan fingerprint density at radius 2 is 2.00 bits per heavy atom. The molecule has 1 aromatic rings. The van der Waals surface area contributed by atoms with Gasteiger partial charge in [-0.05, 0) is 60.1 Å². The first-order valence-corrected chi connectivity index (χ1v) is 8.11. The predicted molar refractivity (Wildman–Crippen MR) is 89.8 cm³/mol.